The van der Waals surface area contributed by atoms with Gasteiger partial charge in [-0.3, -0.25) is 0 Å². The summed E-state index contributed by atoms with van der Waals surface area (Å²) in [5.74, 6) is 0.954. The fourth-order valence-corrected chi connectivity index (χ4v) is 4.36. The summed E-state index contributed by atoms with van der Waals surface area (Å²) < 4.78 is 37.6. The summed E-state index contributed by atoms with van der Waals surface area (Å²) >= 11 is 0. The molecule has 0 spiro atoms. The van der Waals surface area contributed by atoms with Crippen LogP contribution in [0, 0.1) is 13.8 Å². The molecule has 2 aromatic rings. The van der Waals surface area contributed by atoms with Crippen molar-refractivity contribution < 1.29 is 17.6 Å². The highest BCUT2D eigenvalue weighted by Crippen LogP contribution is 2.24. The van der Waals surface area contributed by atoms with Crippen LogP contribution >= 0.6 is 0 Å². The average Bonchev–Trinajstić information content (AvgIpc) is 2.55. The third-order valence-corrected chi connectivity index (χ3v) is 6.14. The summed E-state index contributed by atoms with van der Waals surface area (Å²) in [5, 5.41) is 0. The van der Waals surface area contributed by atoms with Crippen molar-refractivity contribution in [2.45, 2.75) is 37.7 Å². The molecule has 0 bridgehead atoms. The van der Waals surface area contributed by atoms with Gasteiger partial charge in [0.05, 0.1) is 11.0 Å². The molecule has 0 unspecified atom stereocenters. The third-order valence-electron chi connectivity index (χ3n) is 4.23. The van der Waals surface area contributed by atoms with Gasteiger partial charge in [-0.2, -0.15) is 4.31 Å². The summed E-state index contributed by atoms with van der Waals surface area (Å²) in [5.41, 5.74) is 0.572. The maximum Gasteiger partial charge on any atom is 0.339 e. The van der Waals surface area contributed by atoms with Gasteiger partial charge < -0.3 is 9.15 Å². The molecule has 1 aliphatic rings. The maximum atomic E-state index is 12.7. The molecule has 0 radical (unpaired) electrons. The van der Waals surface area contributed by atoms with Gasteiger partial charge >= 0.3 is 5.63 Å². The van der Waals surface area contributed by atoms with Crippen molar-refractivity contribution in [1.29, 1.82) is 0 Å². The van der Waals surface area contributed by atoms with E-state index in [9.17, 15) is 13.2 Å². The van der Waals surface area contributed by atoms with Gasteiger partial charge in [0.15, 0.2) is 0 Å². The van der Waals surface area contributed by atoms with Gasteiger partial charge in [-0.25, -0.2) is 13.2 Å². The molecule has 1 aliphatic heterocycles. The topological polar surface area (TPSA) is 76.8 Å². The van der Waals surface area contributed by atoms with Crippen molar-refractivity contribution in [2.24, 2.45) is 0 Å². The molecule has 1 saturated heterocycles. The Morgan fingerprint density at radius 1 is 1.08 bits per heavy atom. The zero-order valence-electron chi connectivity index (χ0n) is 14.3. The Kier molecular flexibility index (Phi) is 4.96. The van der Waals surface area contributed by atoms with Crippen LogP contribution in [0.4, 0.5) is 0 Å². The molecule has 0 saturated carbocycles. The summed E-state index contributed by atoms with van der Waals surface area (Å²) in [6, 6.07) is 9.84. The van der Waals surface area contributed by atoms with Crippen molar-refractivity contribution in [1.82, 2.24) is 4.31 Å². The number of benzene rings is 1. The van der Waals surface area contributed by atoms with E-state index in [1.54, 1.807) is 37.3 Å². The first-order valence-corrected chi connectivity index (χ1v) is 9.64. The van der Waals surface area contributed by atoms with E-state index in [1.807, 2.05) is 6.92 Å². The smallest absolute Gasteiger partial charge is 0.339 e. The van der Waals surface area contributed by atoms with E-state index in [0.29, 0.717) is 42.3 Å². The van der Waals surface area contributed by atoms with Gasteiger partial charge in [0.1, 0.15) is 17.6 Å². The van der Waals surface area contributed by atoms with Gasteiger partial charge in [-0.05, 0) is 38.8 Å². The Balaban J connectivity index is 1.65. The molecule has 1 fully saturated rings. The molecule has 0 aliphatic carbocycles. The van der Waals surface area contributed by atoms with Crippen LogP contribution in [0.1, 0.15) is 24.2 Å². The SMILES string of the molecule is Cc1ccc(S(=O)(=O)N2CCC(Oc3cc(C)oc(=O)c3)CC2)cc1. The lowest BCUT2D eigenvalue weighted by Crippen LogP contribution is -2.41. The number of rotatable bonds is 4. The Labute approximate surface area is 147 Å². The van der Waals surface area contributed by atoms with E-state index in [1.165, 1.54) is 10.4 Å². The highest BCUT2D eigenvalue weighted by molar-refractivity contribution is 7.89. The quantitative estimate of drug-likeness (QED) is 0.834. The molecule has 2 heterocycles. The van der Waals surface area contributed by atoms with Crippen LogP contribution in [0.5, 0.6) is 5.75 Å². The van der Waals surface area contributed by atoms with Gasteiger partial charge in [0, 0.05) is 19.2 Å². The van der Waals surface area contributed by atoms with Crippen molar-refractivity contribution >= 4 is 10.0 Å². The molecule has 0 N–H and O–H groups in total. The largest absolute Gasteiger partial charge is 0.490 e. The molecule has 7 heteroatoms. The van der Waals surface area contributed by atoms with E-state index in [-0.39, 0.29) is 6.10 Å². The number of hydrogen-bond acceptors (Lipinski definition) is 5. The number of aryl methyl sites for hydroxylation is 2. The minimum absolute atomic E-state index is 0.120. The van der Waals surface area contributed by atoms with Crippen LogP contribution in [0.3, 0.4) is 0 Å². The normalized spacial score (nSPS) is 16.7. The minimum atomic E-state index is -3.48. The van der Waals surface area contributed by atoms with Crippen LogP contribution in [0.2, 0.25) is 0 Å². The Bertz CT molecular complexity index is 894. The van der Waals surface area contributed by atoms with E-state index >= 15 is 0 Å². The van der Waals surface area contributed by atoms with Crippen molar-refractivity contribution in [3.63, 3.8) is 0 Å². The van der Waals surface area contributed by atoms with Crippen LogP contribution in [0.25, 0.3) is 0 Å². The van der Waals surface area contributed by atoms with Crippen LogP contribution in [-0.2, 0) is 10.0 Å². The zero-order valence-corrected chi connectivity index (χ0v) is 15.1. The first-order valence-electron chi connectivity index (χ1n) is 8.20. The summed E-state index contributed by atoms with van der Waals surface area (Å²) in [6.07, 6.45) is 1.03. The second kappa shape index (κ2) is 7.01. The molecular weight excluding hydrogens is 342 g/mol. The second-order valence-corrected chi connectivity index (χ2v) is 8.20. The molecule has 6 nitrogen and oxygen atoms in total. The highest BCUT2D eigenvalue weighted by atomic mass is 32.2. The van der Waals surface area contributed by atoms with E-state index < -0.39 is 15.6 Å². The minimum Gasteiger partial charge on any atom is -0.490 e. The zero-order chi connectivity index (χ0) is 18.0. The second-order valence-electron chi connectivity index (χ2n) is 6.26. The average molecular weight is 363 g/mol. The number of nitrogens with zero attached hydrogens (tertiary/aromatic N) is 1. The Hall–Kier alpha value is -2.12. The summed E-state index contributed by atoms with van der Waals surface area (Å²) in [4.78, 5) is 11.7. The first-order chi connectivity index (χ1) is 11.8. The van der Waals surface area contributed by atoms with Gasteiger partial charge in [0.2, 0.25) is 10.0 Å². The summed E-state index contributed by atoms with van der Waals surface area (Å²) in [7, 11) is -3.48. The summed E-state index contributed by atoms with van der Waals surface area (Å²) in [6.45, 7) is 4.39. The molecule has 134 valence electrons. The maximum absolute atomic E-state index is 12.7. The number of hydrogen-bond donors (Lipinski definition) is 0. The van der Waals surface area contributed by atoms with Gasteiger partial charge in [-0.15, -0.1) is 0 Å². The molecule has 0 amide bonds. The molecule has 1 aromatic heterocycles. The van der Waals surface area contributed by atoms with Gasteiger partial charge in [0.25, 0.3) is 0 Å². The Morgan fingerprint density at radius 2 is 1.72 bits per heavy atom. The lowest BCUT2D eigenvalue weighted by atomic mass is 10.1. The molecule has 25 heavy (non-hydrogen) atoms. The van der Waals surface area contributed by atoms with E-state index in [4.69, 9.17) is 9.15 Å². The van der Waals surface area contributed by atoms with E-state index in [0.717, 1.165) is 5.56 Å². The number of sulfonamides is 1. The number of ether oxygens (including phenoxy) is 1. The fraction of sp³-hybridized carbons (Fsp3) is 0.389. The van der Waals surface area contributed by atoms with Crippen LogP contribution in [0.15, 0.2) is 50.5 Å². The lowest BCUT2D eigenvalue weighted by molar-refractivity contribution is 0.134. The number of piperidine rings is 1. The molecule has 3 rings (SSSR count). The highest BCUT2D eigenvalue weighted by Gasteiger charge is 2.30. The molecule has 1 aromatic carbocycles. The van der Waals surface area contributed by atoms with Gasteiger partial charge in [-0.1, -0.05) is 17.7 Å². The Morgan fingerprint density at radius 3 is 2.32 bits per heavy atom. The third kappa shape index (κ3) is 4.11. The molecule has 0 atom stereocenters. The van der Waals surface area contributed by atoms with Crippen LogP contribution in [-0.4, -0.2) is 31.9 Å². The van der Waals surface area contributed by atoms with Crippen molar-refractivity contribution in [3.8, 4) is 5.75 Å². The molecular formula is C18H21NO5S. The predicted octanol–water partition coefficient (Wildman–Crippen LogP) is 2.49. The standard InChI is InChI=1S/C18H21NO5S/c1-13-3-5-17(6-4-13)25(21,22)19-9-7-15(8-10-19)24-16-11-14(2)23-18(20)12-16/h3-6,11-12,15H,7-10H2,1-2H3. The lowest BCUT2D eigenvalue weighted by Gasteiger charge is -2.31. The van der Waals surface area contributed by atoms with Crippen molar-refractivity contribution in [3.05, 3.63) is 58.1 Å². The van der Waals surface area contributed by atoms with Crippen LogP contribution < -0.4 is 10.4 Å². The fourth-order valence-electron chi connectivity index (χ4n) is 2.89. The van der Waals surface area contributed by atoms with Crippen molar-refractivity contribution in [2.75, 3.05) is 13.1 Å². The monoisotopic (exact) mass is 363 g/mol. The predicted molar refractivity (Wildman–Crippen MR) is 93.3 cm³/mol. The van der Waals surface area contributed by atoms with E-state index in [2.05, 4.69) is 0 Å². The first kappa shape index (κ1) is 17.7.